The van der Waals surface area contributed by atoms with E-state index in [4.69, 9.17) is 0 Å². The summed E-state index contributed by atoms with van der Waals surface area (Å²) < 4.78 is 0.990. The second-order valence-electron chi connectivity index (χ2n) is 4.56. The van der Waals surface area contributed by atoms with Crippen LogP contribution in [0.1, 0.15) is 24.0 Å². The number of carbonyl (C=O) groups is 2. The van der Waals surface area contributed by atoms with Gasteiger partial charge in [-0.2, -0.15) is 0 Å². The van der Waals surface area contributed by atoms with Gasteiger partial charge in [0, 0.05) is 16.6 Å². The number of nitrogens with one attached hydrogen (secondary N) is 2. The molecule has 0 unspecified atom stereocenters. The summed E-state index contributed by atoms with van der Waals surface area (Å²) in [5.74, 6) is -0.200. The van der Waals surface area contributed by atoms with Gasteiger partial charge in [-0.05, 0) is 43.5 Å². The van der Waals surface area contributed by atoms with Gasteiger partial charge in [-0.3, -0.25) is 9.59 Å². The van der Waals surface area contributed by atoms with Crippen LogP contribution in [0.3, 0.4) is 0 Å². The van der Waals surface area contributed by atoms with E-state index in [0.717, 1.165) is 21.3 Å². The lowest BCUT2D eigenvalue weighted by Crippen LogP contribution is -2.37. The first-order valence-corrected chi connectivity index (χ1v) is 6.63. The van der Waals surface area contributed by atoms with Crippen LogP contribution in [0.2, 0.25) is 0 Å². The Kier molecular flexibility index (Phi) is 3.71. The largest absolute Gasteiger partial charge is 0.344 e. The van der Waals surface area contributed by atoms with Crippen molar-refractivity contribution in [2.24, 2.45) is 0 Å². The Morgan fingerprint density at radius 3 is 2.50 bits per heavy atom. The maximum atomic E-state index is 12.0. The van der Waals surface area contributed by atoms with Crippen molar-refractivity contribution in [1.82, 2.24) is 5.32 Å². The third-order valence-corrected chi connectivity index (χ3v) is 3.52. The number of carbonyl (C=O) groups excluding carboxylic acids is 2. The van der Waals surface area contributed by atoms with E-state index in [2.05, 4.69) is 26.6 Å². The first kappa shape index (κ1) is 13.1. The fourth-order valence-corrected chi connectivity index (χ4v) is 2.82. The number of hydrogen-bond acceptors (Lipinski definition) is 2. The number of aryl methyl sites for hydroxylation is 2. The molecule has 1 aromatic rings. The van der Waals surface area contributed by atoms with Crippen LogP contribution in [0.4, 0.5) is 5.69 Å². The third kappa shape index (κ3) is 2.72. The zero-order chi connectivity index (χ0) is 13.3. The maximum Gasteiger partial charge on any atom is 0.246 e. The summed E-state index contributed by atoms with van der Waals surface area (Å²) in [6.07, 6.45) is 0.996. The zero-order valence-corrected chi connectivity index (χ0v) is 11.9. The summed E-state index contributed by atoms with van der Waals surface area (Å²) in [5.41, 5.74) is 2.82. The molecule has 0 spiro atoms. The molecule has 0 saturated carbocycles. The predicted molar refractivity (Wildman–Crippen MR) is 73.4 cm³/mol. The van der Waals surface area contributed by atoms with Gasteiger partial charge in [0.15, 0.2) is 0 Å². The molecule has 0 radical (unpaired) electrons. The molecular formula is C13H15BrN2O2. The molecule has 2 rings (SSSR count). The molecule has 1 saturated heterocycles. The molecule has 0 aromatic heterocycles. The van der Waals surface area contributed by atoms with E-state index in [-0.39, 0.29) is 11.8 Å². The number of hydrogen-bond donors (Lipinski definition) is 2. The van der Waals surface area contributed by atoms with Crippen LogP contribution < -0.4 is 10.6 Å². The van der Waals surface area contributed by atoms with Crippen LogP contribution in [-0.4, -0.2) is 17.9 Å². The Balaban J connectivity index is 2.14. The van der Waals surface area contributed by atoms with Crippen LogP contribution in [0.25, 0.3) is 0 Å². The van der Waals surface area contributed by atoms with Crippen LogP contribution >= 0.6 is 15.9 Å². The van der Waals surface area contributed by atoms with Gasteiger partial charge in [0.25, 0.3) is 0 Å². The summed E-state index contributed by atoms with van der Waals surface area (Å²) in [5, 5.41) is 5.56. The Labute approximate surface area is 114 Å². The molecule has 1 fully saturated rings. The molecule has 1 aliphatic rings. The Morgan fingerprint density at radius 1 is 1.39 bits per heavy atom. The molecule has 5 heteroatoms. The van der Waals surface area contributed by atoms with E-state index < -0.39 is 6.04 Å². The number of amides is 2. The van der Waals surface area contributed by atoms with Gasteiger partial charge in [0.1, 0.15) is 6.04 Å². The Bertz CT molecular complexity index is 491. The normalized spacial score (nSPS) is 18.6. The second-order valence-corrected chi connectivity index (χ2v) is 5.48. The summed E-state index contributed by atoms with van der Waals surface area (Å²) >= 11 is 3.42. The lowest BCUT2D eigenvalue weighted by Gasteiger charge is -2.15. The van der Waals surface area contributed by atoms with Gasteiger partial charge in [0.2, 0.25) is 11.8 Å². The van der Waals surface area contributed by atoms with E-state index >= 15 is 0 Å². The van der Waals surface area contributed by atoms with Crippen molar-refractivity contribution < 1.29 is 9.59 Å². The van der Waals surface area contributed by atoms with Gasteiger partial charge in [-0.15, -0.1) is 0 Å². The van der Waals surface area contributed by atoms with E-state index in [9.17, 15) is 9.59 Å². The van der Waals surface area contributed by atoms with Crippen LogP contribution in [0.15, 0.2) is 16.6 Å². The highest BCUT2D eigenvalue weighted by Gasteiger charge is 2.27. The fraction of sp³-hybridized carbons (Fsp3) is 0.385. The molecule has 2 amide bonds. The van der Waals surface area contributed by atoms with Crippen molar-refractivity contribution in [2.45, 2.75) is 32.7 Å². The van der Waals surface area contributed by atoms with Gasteiger partial charge >= 0.3 is 0 Å². The van der Waals surface area contributed by atoms with E-state index in [1.807, 2.05) is 26.0 Å². The summed E-state index contributed by atoms with van der Waals surface area (Å²) in [7, 11) is 0. The SMILES string of the molecule is Cc1cc(Br)cc(C)c1NC(=O)[C@H]1CCC(=O)N1. The zero-order valence-electron chi connectivity index (χ0n) is 10.3. The average Bonchev–Trinajstić information content (AvgIpc) is 2.70. The minimum Gasteiger partial charge on any atom is -0.344 e. The number of benzene rings is 1. The van der Waals surface area contributed by atoms with Crippen LogP contribution in [0.5, 0.6) is 0 Å². The highest BCUT2D eigenvalue weighted by Crippen LogP contribution is 2.25. The van der Waals surface area contributed by atoms with Gasteiger partial charge in [-0.1, -0.05) is 15.9 Å². The lowest BCUT2D eigenvalue weighted by molar-refractivity contribution is -0.122. The average molecular weight is 311 g/mol. The third-order valence-electron chi connectivity index (χ3n) is 3.06. The van der Waals surface area contributed by atoms with E-state index in [1.54, 1.807) is 0 Å². The first-order chi connectivity index (χ1) is 8.47. The molecule has 1 heterocycles. The van der Waals surface area contributed by atoms with Crippen molar-refractivity contribution in [3.8, 4) is 0 Å². The standard InChI is InChI=1S/C13H15BrN2O2/c1-7-5-9(14)6-8(2)12(7)16-13(18)10-3-4-11(17)15-10/h5-6,10H,3-4H2,1-2H3,(H,15,17)(H,16,18)/t10-/m1/s1. The fourth-order valence-electron chi connectivity index (χ4n) is 2.13. The van der Waals surface area contributed by atoms with E-state index in [0.29, 0.717) is 12.8 Å². The molecule has 0 aliphatic carbocycles. The van der Waals surface area contributed by atoms with Crippen molar-refractivity contribution >= 4 is 33.4 Å². The summed E-state index contributed by atoms with van der Waals surface area (Å²) in [6, 6.07) is 3.51. The molecule has 96 valence electrons. The van der Waals surface area contributed by atoms with E-state index in [1.165, 1.54) is 0 Å². The predicted octanol–water partition coefficient (Wildman–Crippen LogP) is 2.28. The minimum atomic E-state index is -0.403. The topological polar surface area (TPSA) is 58.2 Å². The molecule has 1 atom stereocenters. The Hall–Kier alpha value is -1.36. The molecule has 18 heavy (non-hydrogen) atoms. The van der Waals surface area contributed by atoms with Crippen molar-refractivity contribution in [2.75, 3.05) is 5.32 Å². The van der Waals surface area contributed by atoms with Gasteiger partial charge in [0.05, 0.1) is 0 Å². The summed E-state index contributed by atoms with van der Waals surface area (Å²) in [4.78, 5) is 23.1. The first-order valence-electron chi connectivity index (χ1n) is 5.84. The molecule has 2 N–H and O–H groups in total. The smallest absolute Gasteiger partial charge is 0.246 e. The molecule has 0 bridgehead atoms. The quantitative estimate of drug-likeness (QED) is 0.880. The highest BCUT2D eigenvalue weighted by molar-refractivity contribution is 9.10. The number of halogens is 1. The van der Waals surface area contributed by atoms with Crippen LogP contribution in [0, 0.1) is 13.8 Å². The second kappa shape index (κ2) is 5.10. The van der Waals surface area contributed by atoms with Crippen molar-refractivity contribution in [3.63, 3.8) is 0 Å². The molecule has 1 aliphatic heterocycles. The summed E-state index contributed by atoms with van der Waals surface area (Å²) in [6.45, 7) is 3.89. The monoisotopic (exact) mass is 310 g/mol. The number of anilines is 1. The number of rotatable bonds is 2. The van der Waals surface area contributed by atoms with Gasteiger partial charge < -0.3 is 10.6 Å². The molecule has 4 nitrogen and oxygen atoms in total. The highest BCUT2D eigenvalue weighted by atomic mass is 79.9. The maximum absolute atomic E-state index is 12.0. The van der Waals surface area contributed by atoms with Crippen LogP contribution in [-0.2, 0) is 9.59 Å². The minimum absolute atomic E-state index is 0.0561. The van der Waals surface area contributed by atoms with Crippen molar-refractivity contribution in [1.29, 1.82) is 0 Å². The Morgan fingerprint density at radius 2 is 2.00 bits per heavy atom. The molecule has 1 aromatic carbocycles. The molecular weight excluding hydrogens is 296 g/mol. The lowest BCUT2D eigenvalue weighted by atomic mass is 10.1. The van der Waals surface area contributed by atoms with Crippen molar-refractivity contribution in [3.05, 3.63) is 27.7 Å². The van der Waals surface area contributed by atoms with Gasteiger partial charge in [-0.25, -0.2) is 0 Å².